The number of carbonyl (C=O) groups excluding carboxylic acids is 1. The molecule has 1 amide bonds. The Morgan fingerprint density at radius 2 is 1.88 bits per heavy atom. The van der Waals surface area contributed by atoms with Crippen LogP contribution in [0.1, 0.15) is 22.3 Å². The zero-order chi connectivity index (χ0) is 19.1. The summed E-state index contributed by atoms with van der Waals surface area (Å²) in [6, 6.07) is 11.8. The molecule has 1 aliphatic heterocycles. The molecule has 136 valence electrons. The summed E-state index contributed by atoms with van der Waals surface area (Å²) in [5, 5.41) is 14.3. The molecule has 9 heteroatoms. The monoisotopic (exact) mass is 446 g/mol. The highest BCUT2D eigenvalue weighted by Crippen LogP contribution is 2.42. The molecule has 3 rings (SSSR count). The van der Waals surface area contributed by atoms with E-state index in [1.807, 2.05) is 0 Å². The fraction of sp³-hybridized carbons (Fsp3) is 0.176. The lowest BCUT2D eigenvalue weighted by molar-refractivity contribution is -0.297. The van der Waals surface area contributed by atoms with Crippen LogP contribution in [0, 0.1) is 0 Å². The van der Waals surface area contributed by atoms with Crippen LogP contribution in [0.15, 0.2) is 58.1 Å². The molecule has 0 radical (unpaired) electrons. The number of hydrogen-bond donors (Lipinski definition) is 1. The van der Waals surface area contributed by atoms with E-state index >= 15 is 0 Å². The first-order valence-corrected chi connectivity index (χ1v) is 8.51. The molecule has 1 N–H and O–H groups in total. The first kappa shape index (κ1) is 18.9. The molecule has 0 aliphatic carbocycles. The Morgan fingerprint density at radius 3 is 2.46 bits per heavy atom. The summed E-state index contributed by atoms with van der Waals surface area (Å²) < 4.78 is 41.4. The van der Waals surface area contributed by atoms with Gasteiger partial charge in [0.1, 0.15) is 0 Å². The van der Waals surface area contributed by atoms with E-state index in [0.717, 1.165) is 4.47 Å². The molecule has 26 heavy (non-hydrogen) atoms. The van der Waals surface area contributed by atoms with Gasteiger partial charge in [-0.1, -0.05) is 45.7 Å². The van der Waals surface area contributed by atoms with Crippen LogP contribution >= 0.6 is 27.5 Å². The molecule has 1 atom stereocenters. The second kappa shape index (κ2) is 6.68. The summed E-state index contributed by atoms with van der Waals surface area (Å²) in [6.07, 6.45) is -5.97. The van der Waals surface area contributed by atoms with Crippen molar-refractivity contribution < 1.29 is 23.1 Å². The van der Waals surface area contributed by atoms with E-state index in [4.69, 9.17) is 11.6 Å². The summed E-state index contributed by atoms with van der Waals surface area (Å²) in [4.78, 5) is 12.6. The van der Waals surface area contributed by atoms with Gasteiger partial charge in [0.2, 0.25) is 0 Å². The zero-order valence-electron chi connectivity index (χ0n) is 13.0. The maximum atomic E-state index is 13.6. The number of hydrogen-bond acceptors (Lipinski definition) is 3. The molecule has 0 saturated carbocycles. The number of benzene rings is 2. The van der Waals surface area contributed by atoms with Crippen LogP contribution in [-0.2, 0) is 0 Å². The normalized spacial score (nSPS) is 20.2. The fourth-order valence-electron chi connectivity index (χ4n) is 2.53. The van der Waals surface area contributed by atoms with Gasteiger partial charge in [0.15, 0.2) is 0 Å². The van der Waals surface area contributed by atoms with E-state index in [0.29, 0.717) is 5.56 Å². The van der Waals surface area contributed by atoms with Crippen LogP contribution in [0.3, 0.4) is 0 Å². The highest BCUT2D eigenvalue weighted by Gasteiger charge is 2.63. The van der Waals surface area contributed by atoms with Crippen molar-refractivity contribution in [3.8, 4) is 0 Å². The topological polar surface area (TPSA) is 52.9 Å². The van der Waals surface area contributed by atoms with Gasteiger partial charge in [-0.3, -0.25) is 4.79 Å². The largest absolute Gasteiger partial charge is 0.438 e. The molecule has 0 bridgehead atoms. The van der Waals surface area contributed by atoms with E-state index < -0.39 is 24.2 Å². The van der Waals surface area contributed by atoms with Crippen molar-refractivity contribution >= 4 is 39.1 Å². The van der Waals surface area contributed by atoms with Crippen molar-refractivity contribution in [3.05, 3.63) is 69.2 Å². The summed E-state index contributed by atoms with van der Waals surface area (Å²) in [6.45, 7) is 0. The third-order valence-electron chi connectivity index (χ3n) is 3.88. The quantitative estimate of drug-likeness (QED) is 0.731. The number of rotatable bonds is 2. The van der Waals surface area contributed by atoms with Gasteiger partial charge in [-0.05, 0) is 35.9 Å². The molecule has 2 aromatic carbocycles. The van der Waals surface area contributed by atoms with Gasteiger partial charge >= 0.3 is 6.18 Å². The van der Waals surface area contributed by atoms with Gasteiger partial charge in [-0.15, -0.1) is 0 Å². The van der Waals surface area contributed by atoms with Gasteiger partial charge in [0, 0.05) is 15.1 Å². The molecule has 1 aliphatic rings. The van der Waals surface area contributed by atoms with Gasteiger partial charge in [0.05, 0.1) is 12.1 Å². The highest BCUT2D eigenvalue weighted by atomic mass is 79.9. The fourth-order valence-corrected chi connectivity index (χ4v) is 2.98. The van der Waals surface area contributed by atoms with Crippen LogP contribution in [0.25, 0.3) is 0 Å². The van der Waals surface area contributed by atoms with Crippen molar-refractivity contribution in [1.29, 1.82) is 0 Å². The van der Waals surface area contributed by atoms with Gasteiger partial charge < -0.3 is 5.11 Å². The molecule has 0 aromatic heterocycles. The van der Waals surface area contributed by atoms with Gasteiger partial charge in [-0.2, -0.15) is 23.3 Å². The van der Waals surface area contributed by atoms with Gasteiger partial charge in [-0.25, -0.2) is 0 Å². The van der Waals surface area contributed by atoms with Crippen LogP contribution in [0.5, 0.6) is 0 Å². The van der Waals surface area contributed by atoms with E-state index in [2.05, 4.69) is 21.0 Å². The molecule has 0 fully saturated rings. The number of carbonyl (C=O) groups is 1. The summed E-state index contributed by atoms with van der Waals surface area (Å²) in [5.41, 5.74) is -3.22. The van der Waals surface area contributed by atoms with E-state index in [-0.39, 0.29) is 21.3 Å². The lowest BCUT2D eigenvalue weighted by Gasteiger charge is -2.32. The minimum absolute atomic E-state index is 0.0484. The first-order chi connectivity index (χ1) is 12.1. The molecular formula is C17H11BrClF3N2O2. The maximum Gasteiger partial charge on any atom is 0.438 e. The Labute approximate surface area is 160 Å². The predicted octanol–water partition coefficient (Wildman–Crippen LogP) is 4.60. The average molecular weight is 448 g/mol. The molecule has 0 unspecified atom stereocenters. The number of amides is 1. The third kappa shape index (κ3) is 3.36. The Balaban J connectivity index is 2.05. The zero-order valence-corrected chi connectivity index (χ0v) is 15.3. The second-order valence-corrected chi connectivity index (χ2v) is 7.02. The maximum absolute atomic E-state index is 13.6. The standard InChI is InChI=1S/C17H11BrClF3N2O2/c18-12-6-4-10(5-7-12)14-9-16(26,17(20,21)22)24(23-14)15(25)11-2-1-3-13(19)8-11/h1-8,26H,9H2/t16-/m1/s1. The van der Waals surface area contributed by atoms with Crippen molar-refractivity contribution in [2.75, 3.05) is 0 Å². The number of aliphatic hydroxyl groups is 1. The van der Waals surface area contributed by atoms with Crippen molar-refractivity contribution in [2.45, 2.75) is 18.3 Å². The Bertz CT molecular complexity index is 886. The molecule has 0 spiro atoms. The Morgan fingerprint density at radius 1 is 1.23 bits per heavy atom. The number of halogens is 5. The van der Waals surface area contributed by atoms with Crippen LogP contribution in [0.4, 0.5) is 13.2 Å². The lowest BCUT2D eigenvalue weighted by atomic mass is 10.0. The molecule has 2 aromatic rings. The van der Waals surface area contributed by atoms with E-state index in [9.17, 15) is 23.1 Å². The minimum atomic E-state index is -5.10. The van der Waals surface area contributed by atoms with Crippen LogP contribution < -0.4 is 0 Å². The second-order valence-electron chi connectivity index (χ2n) is 5.67. The summed E-state index contributed by atoms with van der Waals surface area (Å²) in [7, 11) is 0. The summed E-state index contributed by atoms with van der Waals surface area (Å²) >= 11 is 9.03. The third-order valence-corrected chi connectivity index (χ3v) is 4.64. The molecule has 4 nitrogen and oxygen atoms in total. The minimum Gasteiger partial charge on any atom is -0.362 e. The van der Waals surface area contributed by atoms with Gasteiger partial charge in [0.25, 0.3) is 11.6 Å². The van der Waals surface area contributed by atoms with Crippen molar-refractivity contribution in [2.24, 2.45) is 5.10 Å². The van der Waals surface area contributed by atoms with Crippen LogP contribution in [0.2, 0.25) is 5.02 Å². The SMILES string of the molecule is O=C(c1cccc(Cl)c1)N1N=C(c2ccc(Br)cc2)C[C@@]1(O)C(F)(F)F. The summed E-state index contributed by atoms with van der Waals surface area (Å²) in [5.74, 6) is -1.10. The van der Waals surface area contributed by atoms with Crippen molar-refractivity contribution in [3.63, 3.8) is 0 Å². The number of nitrogens with zero attached hydrogens (tertiary/aromatic N) is 2. The van der Waals surface area contributed by atoms with E-state index in [1.54, 1.807) is 24.3 Å². The van der Waals surface area contributed by atoms with Crippen LogP contribution in [-0.4, -0.2) is 33.6 Å². The average Bonchev–Trinajstić information content (AvgIpc) is 2.94. The number of alkyl halides is 3. The Kier molecular flexibility index (Phi) is 4.85. The molecular weight excluding hydrogens is 437 g/mol. The first-order valence-electron chi connectivity index (χ1n) is 7.34. The predicted molar refractivity (Wildman–Crippen MR) is 93.9 cm³/mol. The Hall–Kier alpha value is -1.90. The molecule has 1 heterocycles. The van der Waals surface area contributed by atoms with Crippen molar-refractivity contribution in [1.82, 2.24) is 5.01 Å². The lowest BCUT2D eigenvalue weighted by Crippen LogP contribution is -2.56. The molecule has 0 saturated heterocycles. The number of hydrazone groups is 1. The smallest absolute Gasteiger partial charge is 0.362 e. The van der Waals surface area contributed by atoms with E-state index in [1.165, 1.54) is 24.3 Å². The highest BCUT2D eigenvalue weighted by molar-refractivity contribution is 9.10.